The van der Waals surface area contributed by atoms with Gasteiger partial charge in [0.25, 0.3) is 0 Å². The first-order chi connectivity index (χ1) is 14.0. The molecule has 29 heavy (non-hydrogen) atoms. The smallest absolute Gasteiger partial charge is 0.235 e. The Balaban J connectivity index is 1.65. The molecule has 1 aromatic heterocycles. The third-order valence-electron chi connectivity index (χ3n) is 5.83. The number of fused-ring (bicyclic) bond motifs is 1. The van der Waals surface area contributed by atoms with Gasteiger partial charge in [0.2, 0.25) is 10.0 Å². The molecule has 1 saturated heterocycles. The van der Waals surface area contributed by atoms with Gasteiger partial charge in [0, 0.05) is 24.5 Å². The van der Waals surface area contributed by atoms with E-state index in [0.29, 0.717) is 30.1 Å². The number of aromatic nitrogens is 1. The molecule has 0 unspecified atom stereocenters. The van der Waals surface area contributed by atoms with E-state index in [1.165, 1.54) is 17.1 Å². The number of anilines is 1. The van der Waals surface area contributed by atoms with Crippen molar-refractivity contribution in [3.63, 3.8) is 0 Å². The third-order valence-corrected chi connectivity index (χ3v) is 7.70. The fraction of sp³-hybridized carbons (Fsp3) is 0.318. The van der Waals surface area contributed by atoms with Gasteiger partial charge >= 0.3 is 0 Å². The van der Waals surface area contributed by atoms with Gasteiger partial charge in [-0.2, -0.15) is 5.26 Å². The van der Waals surface area contributed by atoms with Crippen molar-refractivity contribution in [3.05, 3.63) is 48.0 Å². The van der Waals surface area contributed by atoms with E-state index in [1.54, 1.807) is 18.2 Å². The number of sulfonamides is 1. The zero-order chi connectivity index (χ0) is 20.2. The Morgan fingerprint density at radius 3 is 2.52 bits per heavy atom. The lowest BCUT2D eigenvalue weighted by Gasteiger charge is -2.17. The second-order valence-corrected chi connectivity index (χ2v) is 9.89. The zero-order valence-corrected chi connectivity index (χ0v) is 16.7. The van der Waals surface area contributed by atoms with E-state index in [4.69, 9.17) is 0 Å². The van der Waals surface area contributed by atoms with Crippen molar-refractivity contribution in [1.82, 2.24) is 4.57 Å². The zero-order valence-electron chi connectivity index (χ0n) is 15.9. The highest BCUT2D eigenvalue weighted by molar-refractivity contribution is 7.93. The number of hydrogen-bond donors (Lipinski definition) is 1. The first kappa shape index (κ1) is 18.1. The van der Waals surface area contributed by atoms with Crippen LogP contribution in [-0.2, 0) is 16.6 Å². The molecule has 7 heteroatoms. The summed E-state index contributed by atoms with van der Waals surface area (Å²) in [5, 5.41) is 20.7. The number of benzene rings is 2. The number of phenolic OH excluding ortho intramolecular Hbond substituents is 1. The molecule has 2 aromatic carbocycles. The van der Waals surface area contributed by atoms with E-state index in [1.807, 2.05) is 24.3 Å². The maximum atomic E-state index is 12.2. The Morgan fingerprint density at radius 2 is 1.90 bits per heavy atom. The van der Waals surface area contributed by atoms with Gasteiger partial charge in [-0.15, -0.1) is 0 Å². The van der Waals surface area contributed by atoms with Crippen LogP contribution in [0, 0.1) is 17.2 Å². The number of phenols is 1. The standard InChI is InChI=1S/C22H21N3O3S/c23-13-20-19-9-8-18(26)12-21(19)24(14-15-2-3-15)22(20)16-4-6-17(7-5-16)25-10-1-11-29(25,27)28/h4-9,12,15,26H,1-3,10-11,14H2. The fourth-order valence-electron chi connectivity index (χ4n) is 4.21. The maximum absolute atomic E-state index is 12.2. The average molecular weight is 407 g/mol. The van der Waals surface area contributed by atoms with Crippen molar-refractivity contribution in [2.45, 2.75) is 25.8 Å². The summed E-state index contributed by atoms with van der Waals surface area (Å²) in [6, 6.07) is 14.9. The van der Waals surface area contributed by atoms with Crippen molar-refractivity contribution in [3.8, 4) is 23.1 Å². The molecule has 2 fully saturated rings. The number of hydrogen-bond acceptors (Lipinski definition) is 4. The van der Waals surface area contributed by atoms with Crippen LogP contribution in [-0.4, -0.2) is 30.4 Å². The van der Waals surface area contributed by atoms with Gasteiger partial charge in [0.1, 0.15) is 11.8 Å². The summed E-state index contributed by atoms with van der Waals surface area (Å²) in [5.41, 5.74) is 3.80. The number of nitriles is 1. The molecule has 0 bridgehead atoms. The lowest BCUT2D eigenvalue weighted by molar-refractivity contribution is 0.475. The summed E-state index contributed by atoms with van der Waals surface area (Å²) < 4.78 is 28.0. The molecule has 6 nitrogen and oxygen atoms in total. The van der Waals surface area contributed by atoms with E-state index < -0.39 is 10.0 Å². The van der Waals surface area contributed by atoms with Crippen LogP contribution in [0.2, 0.25) is 0 Å². The van der Waals surface area contributed by atoms with E-state index in [-0.39, 0.29) is 11.5 Å². The van der Waals surface area contributed by atoms with Crippen LogP contribution in [0.25, 0.3) is 22.2 Å². The van der Waals surface area contributed by atoms with Crippen LogP contribution < -0.4 is 4.31 Å². The summed E-state index contributed by atoms with van der Waals surface area (Å²) in [6.45, 7) is 1.31. The Hall–Kier alpha value is -2.98. The molecule has 1 saturated carbocycles. The topological polar surface area (TPSA) is 86.3 Å². The van der Waals surface area contributed by atoms with Gasteiger partial charge in [-0.1, -0.05) is 12.1 Å². The Labute approximate surface area is 169 Å². The molecule has 0 atom stereocenters. The quantitative estimate of drug-likeness (QED) is 0.712. The second-order valence-electron chi connectivity index (χ2n) is 7.88. The van der Waals surface area contributed by atoms with Gasteiger partial charge in [-0.25, -0.2) is 8.42 Å². The van der Waals surface area contributed by atoms with Gasteiger partial charge in [-0.3, -0.25) is 4.31 Å². The monoisotopic (exact) mass is 407 g/mol. The summed E-state index contributed by atoms with van der Waals surface area (Å²) in [7, 11) is -3.22. The Kier molecular flexibility index (Phi) is 4.07. The lowest BCUT2D eigenvalue weighted by atomic mass is 10.1. The van der Waals surface area contributed by atoms with Crippen molar-refractivity contribution in [2.75, 3.05) is 16.6 Å². The second kappa shape index (κ2) is 6.53. The molecule has 1 aliphatic heterocycles. The highest BCUT2D eigenvalue weighted by Crippen LogP contribution is 2.40. The van der Waals surface area contributed by atoms with Crippen molar-refractivity contribution >= 4 is 26.6 Å². The third kappa shape index (κ3) is 3.04. The summed E-state index contributed by atoms with van der Waals surface area (Å²) in [6.07, 6.45) is 2.99. The Bertz CT molecular complexity index is 1250. The number of aromatic hydroxyl groups is 1. The minimum absolute atomic E-state index is 0.178. The van der Waals surface area contributed by atoms with Crippen LogP contribution in [0.4, 0.5) is 5.69 Å². The Morgan fingerprint density at radius 1 is 1.14 bits per heavy atom. The minimum Gasteiger partial charge on any atom is -0.508 e. The molecule has 1 aliphatic carbocycles. The number of rotatable bonds is 4. The van der Waals surface area contributed by atoms with Crippen molar-refractivity contribution in [2.24, 2.45) is 5.92 Å². The highest BCUT2D eigenvalue weighted by atomic mass is 32.2. The van der Waals surface area contributed by atoms with Crippen LogP contribution in [0.15, 0.2) is 42.5 Å². The van der Waals surface area contributed by atoms with Gasteiger partial charge in [0.05, 0.1) is 28.2 Å². The van der Waals surface area contributed by atoms with E-state index >= 15 is 0 Å². The maximum Gasteiger partial charge on any atom is 0.235 e. The first-order valence-corrected chi connectivity index (χ1v) is 11.4. The predicted molar refractivity (Wildman–Crippen MR) is 112 cm³/mol. The molecule has 0 amide bonds. The summed E-state index contributed by atoms with van der Waals surface area (Å²) in [4.78, 5) is 0. The van der Waals surface area contributed by atoms with Crippen LogP contribution in [0.3, 0.4) is 0 Å². The van der Waals surface area contributed by atoms with Gasteiger partial charge in [-0.05, 0) is 55.0 Å². The van der Waals surface area contributed by atoms with E-state index in [0.717, 1.165) is 28.7 Å². The average Bonchev–Trinajstić information content (AvgIpc) is 3.38. The predicted octanol–water partition coefficient (Wildman–Crippen LogP) is 3.84. The summed E-state index contributed by atoms with van der Waals surface area (Å²) in [5.74, 6) is 0.955. The molecule has 148 valence electrons. The van der Waals surface area contributed by atoms with E-state index in [2.05, 4.69) is 10.6 Å². The first-order valence-electron chi connectivity index (χ1n) is 9.84. The highest BCUT2D eigenvalue weighted by Gasteiger charge is 2.29. The molecular formula is C22H21N3O3S. The van der Waals surface area contributed by atoms with Crippen molar-refractivity contribution in [1.29, 1.82) is 5.26 Å². The van der Waals surface area contributed by atoms with Crippen molar-refractivity contribution < 1.29 is 13.5 Å². The molecule has 2 aliphatic rings. The molecule has 2 heterocycles. The van der Waals surface area contributed by atoms with E-state index in [9.17, 15) is 18.8 Å². The SMILES string of the molecule is N#Cc1c(-c2ccc(N3CCCS3(=O)=O)cc2)n(CC2CC2)c2cc(O)ccc12. The van der Waals surface area contributed by atoms with Gasteiger partial charge < -0.3 is 9.67 Å². The van der Waals surface area contributed by atoms with Gasteiger partial charge in [0.15, 0.2) is 0 Å². The molecule has 3 aromatic rings. The molecule has 1 N–H and O–H groups in total. The molecule has 5 rings (SSSR count). The molecule has 0 radical (unpaired) electrons. The minimum atomic E-state index is -3.22. The molecular weight excluding hydrogens is 386 g/mol. The largest absolute Gasteiger partial charge is 0.508 e. The molecule has 0 spiro atoms. The lowest BCUT2D eigenvalue weighted by Crippen LogP contribution is -2.24. The van der Waals surface area contributed by atoms with Crippen LogP contribution >= 0.6 is 0 Å². The fourth-order valence-corrected chi connectivity index (χ4v) is 5.78. The summed E-state index contributed by atoms with van der Waals surface area (Å²) >= 11 is 0. The van der Waals surface area contributed by atoms with Crippen LogP contribution in [0.1, 0.15) is 24.8 Å². The van der Waals surface area contributed by atoms with Crippen LogP contribution in [0.5, 0.6) is 5.75 Å². The number of nitrogens with zero attached hydrogens (tertiary/aromatic N) is 3. The normalized spacial score (nSPS) is 18.2.